The molecular formula is C16H17N3O6S. The van der Waals surface area contributed by atoms with Gasteiger partial charge in [-0.3, -0.25) is 28.9 Å². The Morgan fingerprint density at radius 1 is 1.50 bits per heavy atom. The average molecular weight is 379 g/mol. The lowest BCUT2D eigenvalue weighted by Gasteiger charge is -2.17. The monoisotopic (exact) mass is 379 g/mol. The van der Waals surface area contributed by atoms with Crippen molar-refractivity contribution in [2.75, 3.05) is 6.54 Å². The molecule has 0 unspecified atom stereocenters. The van der Waals surface area contributed by atoms with Crippen LogP contribution in [0.5, 0.6) is 0 Å². The summed E-state index contributed by atoms with van der Waals surface area (Å²) >= 11 is 1.29. The van der Waals surface area contributed by atoms with Crippen LogP contribution in [-0.2, 0) is 20.9 Å². The van der Waals surface area contributed by atoms with Crippen LogP contribution in [0.15, 0.2) is 22.4 Å². The molecule has 1 aliphatic rings. The van der Waals surface area contributed by atoms with E-state index < -0.39 is 22.7 Å². The summed E-state index contributed by atoms with van der Waals surface area (Å²) in [6, 6.07) is 1.28. The number of ketones is 1. The topological polar surface area (TPSA) is 121 Å². The lowest BCUT2D eigenvalue weighted by molar-refractivity contribution is -0.490. The van der Waals surface area contributed by atoms with E-state index in [9.17, 15) is 24.5 Å². The first kappa shape index (κ1) is 18.2. The first-order valence-electron chi connectivity index (χ1n) is 8.11. The Hall–Kier alpha value is -2.62. The molecule has 0 spiro atoms. The van der Waals surface area contributed by atoms with Gasteiger partial charge in [0.15, 0.2) is 4.96 Å². The Bertz CT molecular complexity index is 920. The van der Waals surface area contributed by atoms with Crippen molar-refractivity contribution >= 4 is 28.1 Å². The van der Waals surface area contributed by atoms with Gasteiger partial charge in [-0.2, -0.15) is 0 Å². The highest BCUT2D eigenvalue weighted by Crippen LogP contribution is 2.36. The van der Waals surface area contributed by atoms with E-state index in [1.54, 1.807) is 18.5 Å². The Kier molecular flexibility index (Phi) is 5.12. The molecule has 26 heavy (non-hydrogen) atoms. The molecule has 10 heteroatoms. The highest BCUT2D eigenvalue weighted by Gasteiger charge is 2.44. The van der Waals surface area contributed by atoms with Crippen LogP contribution in [0.1, 0.15) is 25.5 Å². The maximum absolute atomic E-state index is 12.1. The van der Waals surface area contributed by atoms with Gasteiger partial charge in [-0.1, -0.05) is 6.92 Å². The smallest absolute Gasteiger partial charge is 0.306 e. The zero-order chi connectivity index (χ0) is 18.8. The first-order valence-corrected chi connectivity index (χ1v) is 8.99. The SMILES string of the molecule is C[C@@H]1CC(=O)[C@H](CC(=O)OCc2cc(=O)n3ccsc3n2)[C@@H]1C[N+](=O)[O-]. The number of thiazole rings is 1. The van der Waals surface area contributed by atoms with E-state index in [0.29, 0.717) is 10.7 Å². The normalized spacial score (nSPS) is 22.7. The Morgan fingerprint density at radius 2 is 2.27 bits per heavy atom. The van der Waals surface area contributed by atoms with Crippen molar-refractivity contribution in [3.8, 4) is 0 Å². The number of fused-ring (bicyclic) bond motifs is 1. The third-order valence-corrected chi connectivity index (χ3v) is 5.42. The van der Waals surface area contributed by atoms with Crippen LogP contribution in [0.4, 0.5) is 0 Å². The zero-order valence-electron chi connectivity index (χ0n) is 14.0. The van der Waals surface area contributed by atoms with E-state index in [-0.39, 0.29) is 43.3 Å². The van der Waals surface area contributed by atoms with Gasteiger partial charge in [0.25, 0.3) is 5.56 Å². The third kappa shape index (κ3) is 3.79. The van der Waals surface area contributed by atoms with E-state index in [0.717, 1.165) is 0 Å². The molecular weight excluding hydrogens is 362 g/mol. The number of nitrogens with zero attached hydrogens (tertiary/aromatic N) is 3. The summed E-state index contributed by atoms with van der Waals surface area (Å²) in [5.74, 6) is -2.05. The van der Waals surface area contributed by atoms with E-state index in [2.05, 4.69) is 4.98 Å². The van der Waals surface area contributed by atoms with Crippen LogP contribution >= 0.6 is 11.3 Å². The molecule has 0 aliphatic heterocycles. The molecule has 1 fully saturated rings. The number of esters is 1. The number of nitro groups is 1. The molecule has 2 aromatic rings. The predicted molar refractivity (Wildman–Crippen MR) is 91.4 cm³/mol. The van der Waals surface area contributed by atoms with Gasteiger partial charge < -0.3 is 4.74 Å². The Morgan fingerprint density at radius 3 is 3.00 bits per heavy atom. The zero-order valence-corrected chi connectivity index (χ0v) is 14.8. The lowest BCUT2D eigenvalue weighted by Crippen LogP contribution is -2.27. The number of aromatic nitrogens is 2. The molecule has 0 amide bonds. The quantitative estimate of drug-likeness (QED) is 0.421. The predicted octanol–water partition coefficient (Wildman–Crippen LogP) is 1.31. The van der Waals surface area contributed by atoms with Crippen LogP contribution in [-0.4, -0.2) is 32.6 Å². The number of carbonyl (C=O) groups is 2. The van der Waals surface area contributed by atoms with Crippen LogP contribution in [0, 0.1) is 27.9 Å². The number of rotatable bonds is 6. The van der Waals surface area contributed by atoms with Gasteiger partial charge in [0.05, 0.1) is 12.1 Å². The first-order chi connectivity index (χ1) is 12.3. The van der Waals surface area contributed by atoms with E-state index in [1.807, 2.05) is 0 Å². The number of carbonyl (C=O) groups excluding carboxylic acids is 2. The summed E-state index contributed by atoms with van der Waals surface area (Å²) in [6.45, 7) is 1.27. The van der Waals surface area contributed by atoms with Gasteiger partial charge in [0.1, 0.15) is 12.4 Å². The summed E-state index contributed by atoms with van der Waals surface area (Å²) < 4.78 is 6.53. The highest BCUT2D eigenvalue weighted by atomic mass is 32.1. The van der Waals surface area contributed by atoms with Crippen molar-refractivity contribution in [1.82, 2.24) is 9.38 Å². The van der Waals surface area contributed by atoms with Crippen molar-refractivity contribution < 1.29 is 19.2 Å². The van der Waals surface area contributed by atoms with Gasteiger partial charge in [-0.25, -0.2) is 4.98 Å². The van der Waals surface area contributed by atoms with Crippen molar-refractivity contribution in [3.05, 3.63) is 43.8 Å². The van der Waals surface area contributed by atoms with E-state index in [4.69, 9.17) is 4.74 Å². The van der Waals surface area contributed by atoms with Gasteiger partial charge in [-0.15, -0.1) is 11.3 Å². The Labute approximate surface area is 151 Å². The molecule has 3 atom stereocenters. The fourth-order valence-corrected chi connectivity index (χ4v) is 4.09. The van der Waals surface area contributed by atoms with Gasteiger partial charge >= 0.3 is 5.97 Å². The molecule has 0 N–H and O–H groups in total. The third-order valence-electron chi connectivity index (χ3n) is 4.67. The summed E-state index contributed by atoms with van der Waals surface area (Å²) in [5.41, 5.74) is 0.0481. The maximum atomic E-state index is 12.1. The van der Waals surface area contributed by atoms with Crippen LogP contribution < -0.4 is 5.56 Å². The van der Waals surface area contributed by atoms with Crippen molar-refractivity contribution in [3.63, 3.8) is 0 Å². The summed E-state index contributed by atoms with van der Waals surface area (Å²) in [5, 5.41) is 12.5. The minimum atomic E-state index is -0.693. The van der Waals surface area contributed by atoms with E-state index in [1.165, 1.54) is 21.8 Å². The molecule has 1 saturated carbocycles. The number of hydrogen-bond acceptors (Lipinski definition) is 8. The Balaban J connectivity index is 1.63. The molecule has 0 saturated heterocycles. The summed E-state index contributed by atoms with van der Waals surface area (Å²) in [7, 11) is 0. The standard InChI is InChI=1S/C16H17N3O6S/c1-9-4-13(20)11(12(9)7-19(23)24)6-15(22)25-8-10-5-14(21)18-2-3-26-16(18)17-10/h2-3,5,9,11-12H,4,6-8H2,1H3/t9-,11-,12-/m1/s1. The molecule has 0 radical (unpaired) electrons. The fraction of sp³-hybridized carbons (Fsp3) is 0.500. The van der Waals surface area contributed by atoms with E-state index >= 15 is 0 Å². The van der Waals surface area contributed by atoms with Crippen molar-refractivity contribution in [1.29, 1.82) is 0 Å². The molecule has 3 rings (SSSR count). The summed E-state index contributed by atoms with van der Waals surface area (Å²) in [6.07, 6.45) is 1.65. The molecule has 0 aromatic carbocycles. The van der Waals surface area contributed by atoms with Crippen molar-refractivity contribution in [2.24, 2.45) is 17.8 Å². The van der Waals surface area contributed by atoms with Crippen LogP contribution in [0.3, 0.4) is 0 Å². The molecule has 1 aliphatic carbocycles. The van der Waals surface area contributed by atoms with Gasteiger partial charge in [-0.05, 0) is 5.92 Å². The number of hydrogen-bond donors (Lipinski definition) is 0. The largest absolute Gasteiger partial charge is 0.459 e. The molecule has 9 nitrogen and oxygen atoms in total. The molecule has 2 heterocycles. The fourth-order valence-electron chi connectivity index (χ4n) is 3.35. The average Bonchev–Trinajstić information content (AvgIpc) is 3.13. The molecule has 2 aromatic heterocycles. The van der Waals surface area contributed by atoms with Gasteiger partial charge in [0, 0.05) is 40.8 Å². The lowest BCUT2D eigenvalue weighted by atomic mass is 9.88. The molecule has 138 valence electrons. The molecule has 0 bridgehead atoms. The number of Topliss-reactive ketones (excluding diaryl/α,β-unsaturated/α-hetero) is 1. The second-order valence-corrected chi connectivity index (χ2v) is 7.31. The minimum Gasteiger partial charge on any atom is -0.459 e. The van der Waals surface area contributed by atoms with Gasteiger partial charge in [0.2, 0.25) is 6.54 Å². The highest BCUT2D eigenvalue weighted by molar-refractivity contribution is 7.15. The maximum Gasteiger partial charge on any atom is 0.306 e. The number of ether oxygens (including phenoxy) is 1. The van der Waals surface area contributed by atoms with Crippen LogP contribution in [0.2, 0.25) is 0 Å². The minimum absolute atomic E-state index is 0.131. The summed E-state index contributed by atoms with van der Waals surface area (Å²) in [4.78, 5) is 51.1. The second-order valence-electron chi connectivity index (χ2n) is 6.44. The second kappa shape index (κ2) is 7.32. The van der Waals surface area contributed by atoms with Crippen LogP contribution in [0.25, 0.3) is 4.96 Å². The van der Waals surface area contributed by atoms with Crippen molar-refractivity contribution in [2.45, 2.75) is 26.4 Å².